The molecular formula is C20H19ClN4O4. The number of carbonyl (C=O) groups is 2. The monoisotopic (exact) mass is 414 g/mol. The van der Waals surface area contributed by atoms with E-state index in [1.165, 1.54) is 17.3 Å². The molecule has 9 heteroatoms. The van der Waals surface area contributed by atoms with Crippen LogP contribution in [-0.4, -0.2) is 39.9 Å². The van der Waals surface area contributed by atoms with Crippen LogP contribution in [0.25, 0.3) is 5.69 Å². The lowest BCUT2D eigenvalue weighted by molar-refractivity contribution is -0.147. The smallest absolute Gasteiger partial charge is 0.309 e. The van der Waals surface area contributed by atoms with Gasteiger partial charge in [-0.25, -0.2) is 9.67 Å². The molecule has 0 atom stereocenters. The van der Waals surface area contributed by atoms with Crippen molar-refractivity contribution in [1.29, 1.82) is 0 Å². The number of hydrogen-bond acceptors (Lipinski definition) is 6. The number of halogens is 1. The van der Waals surface area contributed by atoms with Crippen LogP contribution in [0.4, 0.5) is 5.69 Å². The zero-order valence-corrected chi connectivity index (χ0v) is 16.4. The summed E-state index contributed by atoms with van der Waals surface area (Å²) in [6, 6.07) is 12.4. The normalized spacial score (nSPS) is 10.4. The van der Waals surface area contributed by atoms with E-state index in [9.17, 15) is 9.59 Å². The molecule has 3 aromatic rings. The van der Waals surface area contributed by atoms with Gasteiger partial charge in [0.15, 0.2) is 6.61 Å². The minimum Gasteiger partial charge on any atom is -0.493 e. The van der Waals surface area contributed by atoms with E-state index in [1.807, 2.05) is 31.2 Å². The van der Waals surface area contributed by atoms with Gasteiger partial charge < -0.3 is 14.8 Å². The first-order chi connectivity index (χ1) is 14.0. The molecule has 0 aliphatic carbocycles. The molecule has 1 N–H and O–H groups in total. The van der Waals surface area contributed by atoms with Crippen LogP contribution in [0.5, 0.6) is 5.75 Å². The van der Waals surface area contributed by atoms with E-state index < -0.39 is 18.5 Å². The molecule has 0 saturated carbocycles. The van der Waals surface area contributed by atoms with Gasteiger partial charge in [-0.15, -0.1) is 0 Å². The van der Waals surface area contributed by atoms with Gasteiger partial charge in [0.05, 0.1) is 24.4 Å². The number of carbonyl (C=O) groups excluding carboxylic acids is 2. The molecule has 1 heterocycles. The number of amides is 1. The van der Waals surface area contributed by atoms with Crippen molar-refractivity contribution in [1.82, 2.24) is 14.8 Å². The highest BCUT2D eigenvalue weighted by molar-refractivity contribution is 6.31. The molecular weight excluding hydrogens is 396 g/mol. The summed E-state index contributed by atoms with van der Waals surface area (Å²) in [5.41, 5.74) is 2.07. The van der Waals surface area contributed by atoms with Gasteiger partial charge in [-0.2, -0.15) is 5.10 Å². The Labute approximate surface area is 172 Å². The Morgan fingerprint density at radius 3 is 2.83 bits per heavy atom. The van der Waals surface area contributed by atoms with Crippen molar-refractivity contribution in [3.63, 3.8) is 0 Å². The van der Waals surface area contributed by atoms with Gasteiger partial charge in [-0.05, 0) is 42.8 Å². The first kappa shape index (κ1) is 20.3. The Bertz CT molecular complexity index is 992. The van der Waals surface area contributed by atoms with Gasteiger partial charge in [0, 0.05) is 5.02 Å². The van der Waals surface area contributed by atoms with Crippen molar-refractivity contribution in [2.45, 2.75) is 13.3 Å². The summed E-state index contributed by atoms with van der Waals surface area (Å²) in [5, 5.41) is 7.14. The molecule has 29 heavy (non-hydrogen) atoms. The first-order valence-electron chi connectivity index (χ1n) is 8.81. The molecule has 0 radical (unpaired) electrons. The van der Waals surface area contributed by atoms with Gasteiger partial charge in [0.1, 0.15) is 18.4 Å². The zero-order chi connectivity index (χ0) is 20.6. The molecule has 8 nitrogen and oxygen atoms in total. The highest BCUT2D eigenvalue weighted by Crippen LogP contribution is 2.23. The van der Waals surface area contributed by atoms with Crippen LogP contribution in [0.3, 0.4) is 0 Å². The van der Waals surface area contributed by atoms with Crippen molar-refractivity contribution in [3.05, 3.63) is 65.7 Å². The molecule has 0 bridgehead atoms. The van der Waals surface area contributed by atoms with E-state index in [0.29, 0.717) is 22.1 Å². The lowest BCUT2D eigenvalue weighted by Crippen LogP contribution is -2.22. The molecule has 0 aliphatic heterocycles. The number of nitrogens with zero attached hydrogens (tertiary/aromatic N) is 3. The highest BCUT2D eigenvalue weighted by Gasteiger charge is 2.12. The van der Waals surface area contributed by atoms with Crippen LogP contribution >= 0.6 is 11.6 Å². The van der Waals surface area contributed by atoms with E-state index in [4.69, 9.17) is 21.1 Å². The molecule has 0 fully saturated rings. The van der Waals surface area contributed by atoms with Crippen molar-refractivity contribution in [2.24, 2.45) is 0 Å². The SMILES string of the molecule is Cc1cccc(OCCC(=O)OCC(=O)Nc2cc(Cl)ccc2-n2cncn2)c1. The number of aromatic nitrogens is 3. The second kappa shape index (κ2) is 9.70. The van der Waals surface area contributed by atoms with Crippen molar-refractivity contribution in [2.75, 3.05) is 18.5 Å². The largest absolute Gasteiger partial charge is 0.493 e. The molecule has 0 aliphatic rings. The predicted octanol–water partition coefficient (Wildman–Crippen LogP) is 3.18. The van der Waals surface area contributed by atoms with Crippen molar-refractivity contribution in [3.8, 4) is 11.4 Å². The first-order valence-corrected chi connectivity index (χ1v) is 9.18. The minimum absolute atomic E-state index is 0.0304. The Balaban J connectivity index is 1.47. The molecule has 2 aromatic carbocycles. The number of ether oxygens (including phenoxy) is 2. The van der Waals surface area contributed by atoms with E-state index >= 15 is 0 Å². The summed E-state index contributed by atoms with van der Waals surface area (Å²) < 4.78 is 12.0. The molecule has 0 unspecified atom stereocenters. The summed E-state index contributed by atoms with van der Waals surface area (Å²) >= 11 is 6.01. The molecule has 1 aromatic heterocycles. The van der Waals surface area contributed by atoms with Crippen LogP contribution in [0.2, 0.25) is 5.02 Å². The Morgan fingerprint density at radius 1 is 1.21 bits per heavy atom. The molecule has 150 valence electrons. The molecule has 0 spiro atoms. The minimum atomic E-state index is -0.532. The number of hydrogen-bond donors (Lipinski definition) is 1. The number of aryl methyl sites for hydroxylation is 1. The number of benzene rings is 2. The number of rotatable bonds is 8. The third kappa shape index (κ3) is 6.05. The lowest BCUT2D eigenvalue weighted by atomic mass is 10.2. The summed E-state index contributed by atoms with van der Waals surface area (Å²) in [7, 11) is 0. The maximum atomic E-state index is 12.2. The summed E-state index contributed by atoms with van der Waals surface area (Å²) in [4.78, 5) is 27.9. The van der Waals surface area contributed by atoms with Crippen LogP contribution in [0.15, 0.2) is 55.1 Å². The summed E-state index contributed by atoms with van der Waals surface area (Å²) in [5.74, 6) is -0.353. The number of anilines is 1. The average Bonchev–Trinajstić information content (AvgIpc) is 3.21. The molecule has 1 amide bonds. The highest BCUT2D eigenvalue weighted by atomic mass is 35.5. The third-order valence-corrected chi connectivity index (χ3v) is 4.06. The van der Waals surface area contributed by atoms with Gasteiger partial charge in [0.2, 0.25) is 0 Å². The fourth-order valence-electron chi connectivity index (χ4n) is 2.50. The second-order valence-corrected chi connectivity index (χ2v) is 6.56. The predicted molar refractivity (Wildman–Crippen MR) is 107 cm³/mol. The number of esters is 1. The Morgan fingerprint density at radius 2 is 2.07 bits per heavy atom. The van der Waals surface area contributed by atoms with Crippen LogP contribution < -0.4 is 10.1 Å². The third-order valence-electron chi connectivity index (χ3n) is 3.83. The van der Waals surface area contributed by atoms with E-state index in [-0.39, 0.29) is 13.0 Å². The lowest BCUT2D eigenvalue weighted by Gasteiger charge is -2.12. The second-order valence-electron chi connectivity index (χ2n) is 6.13. The molecule has 0 saturated heterocycles. The number of nitrogens with one attached hydrogen (secondary N) is 1. The Hall–Kier alpha value is -3.39. The van der Waals surface area contributed by atoms with Gasteiger partial charge in [-0.3, -0.25) is 9.59 Å². The van der Waals surface area contributed by atoms with Crippen LogP contribution in [0.1, 0.15) is 12.0 Å². The topological polar surface area (TPSA) is 95.3 Å². The summed E-state index contributed by atoms with van der Waals surface area (Å²) in [6.07, 6.45) is 2.90. The van der Waals surface area contributed by atoms with Gasteiger partial charge in [-0.1, -0.05) is 23.7 Å². The maximum absolute atomic E-state index is 12.2. The van der Waals surface area contributed by atoms with Crippen LogP contribution in [-0.2, 0) is 14.3 Å². The standard InChI is InChI=1S/C20H19ClN4O4/c1-14-3-2-4-16(9-14)28-8-7-20(27)29-11-19(26)24-17-10-15(21)5-6-18(17)25-13-22-12-23-25/h2-6,9-10,12-13H,7-8,11H2,1H3,(H,24,26). The van der Waals surface area contributed by atoms with Crippen molar-refractivity contribution < 1.29 is 19.1 Å². The van der Waals surface area contributed by atoms with E-state index in [0.717, 1.165) is 5.56 Å². The summed E-state index contributed by atoms with van der Waals surface area (Å²) in [6.45, 7) is 1.69. The van der Waals surface area contributed by atoms with Crippen molar-refractivity contribution >= 4 is 29.2 Å². The Kier molecular flexibility index (Phi) is 6.80. The maximum Gasteiger partial charge on any atom is 0.309 e. The van der Waals surface area contributed by atoms with Crippen LogP contribution in [0, 0.1) is 6.92 Å². The average molecular weight is 415 g/mol. The quantitative estimate of drug-likeness (QED) is 0.569. The fraction of sp³-hybridized carbons (Fsp3) is 0.200. The van der Waals surface area contributed by atoms with E-state index in [2.05, 4.69) is 15.4 Å². The van der Waals surface area contributed by atoms with Gasteiger partial charge >= 0.3 is 5.97 Å². The zero-order valence-electron chi connectivity index (χ0n) is 15.7. The fourth-order valence-corrected chi connectivity index (χ4v) is 2.67. The van der Waals surface area contributed by atoms with E-state index in [1.54, 1.807) is 18.2 Å². The molecule has 3 rings (SSSR count). The van der Waals surface area contributed by atoms with Gasteiger partial charge in [0.25, 0.3) is 5.91 Å².